The summed E-state index contributed by atoms with van der Waals surface area (Å²) < 4.78 is 12.3. The lowest BCUT2D eigenvalue weighted by molar-refractivity contribution is 0.384. The van der Waals surface area contributed by atoms with Crippen LogP contribution in [-0.4, -0.2) is 15.2 Å². The molecule has 194 valence electrons. The maximum atomic E-state index is 6.74. The highest BCUT2D eigenvalue weighted by Gasteiger charge is 2.47. The molecule has 0 aromatic heterocycles. The van der Waals surface area contributed by atoms with Crippen LogP contribution in [0.2, 0.25) is 5.04 Å². The van der Waals surface area contributed by atoms with E-state index in [1.807, 2.05) is 6.07 Å². The van der Waals surface area contributed by atoms with Gasteiger partial charge in [0.2, 0.25) is 0 Å². The molecule has 3 heteroatoms. The third-order valence-corrected chi connectivity index (χ3v) is 13.4. The Labute approximate surface area is 225 Å². The molecular formula is C34H42O2Si. The van der Waals surface area contributed by atoms with Gasteiger partial charge in [-0.25, -0.2) is 0 Å². The average molecular weight is 511 g/mol. The van der Waals surface area contributed by atoms with Crippen LogP contribution in [0.15, 0.2) is 102 Å². The molecule has 0 N–H and O–H groups in total. The quantitative estimate of drug-likeness (QED) is 0.213. The van der Waals surface area contributed by atoms with Crippen molar-refractivity contribution in [2.45, 2.75) is 70.8 Å². The zero-order chi connectivity index (χ0) is 26.5. The molecule has 3 aromatic carbocycles. The monoisotopic (exact) mass is 510 g/mol. The minimum absolute atomic E-state index is 0.00313. The summed E-state index contributed by atoms with van der Waals surface area (Å²) in [5, 5.41) is 2.78. The Balaban J connectivity index is 1.89. The number of allylic oxidation sites excluding steroid dienone is 1. The van der Waals surface area contributed by atoms with Crippen LogP contribution in [0, 0.1) is 0 Å². The first-order valence-electron chi connectivity index (χ1n) is 13.7. The van der Waals surface area contributed by atoms with Crippen LogP contribution in [0.5, 0.6) is 11.5 Å². The fourth-order valence-electron chi connectivity index (χ4n) is 5.80. The Bertz CT molecular complexity index is 1180. The lowest BCUT2D eigenvalue weighted by Crippen LogP contribution is -2.63. The molecule has 4 rings (SSSR count). The molecule has 37 heavy (non-hydrogen) atoms. The second-order valence-corrected chi connectivity index (χ2v) is 15.8. The summed E-state index contributed by atoms with van der Waals surface area (Å²) >= 11 is 0. The van der Waals surface area contributed by atoms with E-state index in [-0.39, 0.29) is 11.0 Å². The Hall–Kier alpha value is -3.04. The van der Waals surface area contributed by atoms with E-state index in [0.29, 0.717) is 0 Å². The average Bonchev–Trinajstić information content (AvgIpc) is 2.91. The van der Waals surface area contributed by atoms with Crippen molar-refractivity contribution in [3.63, 3.8) is 0 Å². The Kier molecular flexibility index (Phi) is 8.44. The molecule has 1 atom stereocenters. The van der Waals surface area contributed by atoms with Gasteiger partial charge in [-0.1, -0.05) is 121 Å². The largest absolute Gasteiger partial charge is 0.497 e. The topological polar surface area (TPSA) is 18.5 Å². The highest BCUT2D eigenvalue weighted by atomic mass is 28.3. The highest BCUT2D eigenvalue weighted by Crippen LogP contribution is 2.47. The molecule has 0 aliphatic carbocycles. The van der Waals surface area contributed by atoms with Gasteiger partial charge in [-0.2, -0.15) is 0 Å². The van der Waals surface area contributed by atoms with Gasteiger partial charge in [0.1, 0.15) is 25.3 Å². The number of methoxy groups -OCH3 is 1. The summed E-state index contributed by atoms with van der Waals surface area (Å²) in [5.41, 5.74) is 4.78. The van der Waals surface area contributed by atoms with Gasteiger partial charge in [0.15, 0.2) is 0 Å². The minimum atomic E-state index is -2.46. The van der Waals surface area contributed by atoms with Crippen LogP contribution in [-0.2, 0) is 0 Å². The fourth-order valence-corrected chi connectivity index (χ4v) is 10.7. The van der Waals surface area contributed by atoms with Gasteiger partial charge >= 0.3 is 0 Å². The Morgan fingerprint density at radius 3 is 2.05 bits per heavy atom. The number of benzene rings is 3. The molecule has 1 aliphatic heterocycles. The molecule has 0 saturated heterocycles. The summed E-state index contributed by atoms with van der Waals surface area (Å²) in [6.45, 7) is 14.1. The molecule has 0 radical (unpaired) electrons. The third kappa shape index (κ3) is 5.47. The van der Waals surface area contributed by atoms with E-state index < -0.39 is 8.07 Å². The molecule has 1 aliphatic rings. The molecule has 0 spiro atoms. The zero-order valence-electron chi connectivity index (χ0n) is 23.2. The first-order valence-corrected chi connectivity index (χ1v) is 15.8. The van der Waals surface area contributed by atoms with Crippen LogP contribution in [0.1, 0.15) is 71.3 Å². The van der Waals surface area contributed by atoms with Gasteiger partial charge in [-0.3, -0.25) is 0 Å². The van der Waals surface area contributed by atoms with E-state index in [1.165, 1.54) is 41.6 Å². The number of ether oxygens (including phenoxy) is 2. The van der Waals surface area contributed by atoms with E-state index in [1.54, 1.807) is 7.11 Å². The van der Waals surface area contributed by atoms with Crippen LogP contribution in [0.25, 0.3) is 0 Å². The van der Waals surface area contributed by atoms with E-state index in [4.69, 9.17) is 9.47 Å². The van der Waals surface area contributed by atoms with Crippen molar-refractivity contribution in [2.75, 3.05) is 7.11 Å². The summed E-state index contributed by atoms with van der Waals surface area (Å²) in [6, 6.07) is 28.3. The maximum absolute atomic E-state index is 6.74. The van der Waals surface area contributed by atoms with E-state index >= 15 is 0 Å². The van der Waals surface area contributed by atoms with Gasteiger partial charge in [0.25, 0.3) is 0 Å². The van der Waals surface area contributed by atoms with Crippen LogP contribution < -0.4 is 19.8 Å². The molecule has 1 unspecified atom stereocenters. The molecule has 2 nitrogen and oxygen atoms in total. The smallest absolute Gasteiger partial charge is 0.150 e. The second-order valence-electron chi connectivity index (χ2n) is 11.2. The molecule has 3 aromatic rings. The number of unbranched alkanes of at least 4 members (excludes halogenated alkanes) is 3. The number of fused-ring (bicyclic) bond motifs is 1. The van der Waals surface area contributed by atoms with Crippen molar-refractivity contribution in [2.24, 2.45) is 0 Å². The second kappa shape index (κ2) is 11.6. The standard InChI is InChI=1S/C34H42O2Si/c1-7-8-9-16-21-30-26(2)33(36-32-23-22-27(35-6)24-31(30)32)25-37(34(3,4)5,28-17-12-10-13-18-28)29-19-14-11-15-20-29/h10-15,17-20,22-25,30H,2,7-9,16,21H2,1,3-6H3/b33-25-. The Morgan fingerprint density at radius 2 is 1.51 bits per heavy atom. The van der Waals surface area contributed by atoms with Crippen molar-refractivity contribution in [1.29, 1.82) is 0 Å². The van der Waals surface area contributed by atoms with Gasteiger partial charge in [-0.15, -0.1) is 0 Å². The van der Waals surface area contributed by atoms with Crippen LogP contribution >= 0.6 is 0 Å². The first-order chi connectivity index (χ1) is 17.8. The molecule has 0 fully saturated rings. The summed E-state index contributed by atoms with van der Waals surface area (Å²) in [7, 11) is -0.737. The lowest BCUT2D eigenvalue weighted by Gasteiger charge is -2.43. The summed E-state index contributed by atoms with van der Waals surface area (Å²) in [6.07, 6.45) is 6.00. The fraction of sp³-hybridized carbons (Fsp3) is 0.353. The molecular weight excluding hydrogens is 468 g/mol. The van der Waals surface area contributed by atoms with Gasteiger partial charge in [0, 0.05) is 11.5 Å². The molecule has 0 amide bonds. The summed E-state index contributed by atoms with van der Waals surface area (Å²) in [5.74, 6) is 2.96. The van der Waals surface area contributed by atoms with Gasteiger partial charge in [-0.05, 0) is 51.3 Å². The number of hydrogen-bond donors (Lipinski definition) is 0. The van der Waals surface area contributed by atoms with Gasteiger partial charge < -0.3 is 9.47 Å². The number of hydrogen-bond acceptors (Lipinski definition) is 2. The molecule has 1 heterocycles. The van der Waals surface area contributed by atoms with Crippen molar-refractivity contribution in [3.05, 3.63) is 108 Å². The van der Waals surface area contributed by atoms with Crippen molar-refractivity contribution >= 4 is 18.4 Å². The third-order valence-electron chi connectivity index (χ3n) is 7.88. The van der Waals surface area contributed by atoms with E-state index in [9.17, 15) is 0 Å². The Morgan fingerprint density at radius 1 is 0.892 bits per heavy atom. The van der Waals surface area contributed by atoms with Crippen molar-refractivity contribution in [1.82, 2.24) is 0 Å². The first kappa shape index (κ1) is 27.0. The van der Waals surface area contributed by atoms with Crippen molar-refractivity contribution < 1.29 is 9.47 Å². The summed E-state index contributed by atoms with van der Waals surface area (Å²) in [4.78, 5) is 0. The minimum Gasteiger partial charge on any atom is -0.497 e. The predicted octanol–water partition coefficient (Wildman–Crippen LogP) is 8.18. The van der Waals surface area contributed by atoms with Crippen LogP contribution in [0.4, 0.5) is 0 Å². The SMILES string of the molecule is C=C1/C(=C/[Si](c2ccccc2)(c2ccccc2)C(C)(C)C)Oc2ccc(OC)cc2C1CCCCCC. The number of rotatable bonds is 9. The van der Waals surface area contributed by atoms with E-state index in [2.05, 4.69) is 113 Å². The van der Waals surface area contributed by atoms with Crippen molar-refractivity contribution in [3.8, 4) is 11.5 Å². The van der Waals surface area contributed by atoms with E-state index in [0.717, 1.165) is 29.3 Å². The normalized spacial score (nSPS) is 16.8. The predicted molar refractivity (Wildman–Crippen MR) is 160 cm³/mol. The zero-order valence-corrected chi connectivity index (χ0v) is 24.2. The lowest BCUT2D eigenvalue weighted by atomic mass is 9.84. The van der Waals surface area contributed by atoms with Crippen LogP contribution in [0.3, 0.4) is 0 Å². The maximum Gasteiger partial charge on any atom is 0.150 e. The molecule has 0 saturated carbocycles. The highest BCUT2D eigenvalue weighted by molar-refractivity contribution is 7.07. The molecule has 0 bridgehead atoms. The van der Waals surface area contributed by atoms with Gasteiger partial charge in [0.05, 0.1) is 7.11 Å².